The number of carbonyl (C=O) groups excluding carboxylic acids is 1. The number of hydrogen-bond donors (Lipinski definition) is 3. The molecule has 0 aliphatic carbocycles. The number of carbonyl (C=O) groups is 1. The highest BCUT2D eigenvalue weighted by atomic mass is 79.9. The minimum atomic E-state index is -0.344. The molecule has 0 aromatic heterocycles. The van der Waals surface area contributed by atoms with E-state index in [1.165, 1.54) is 0 Å². The van der Waals surface area contributed by atoms with E-state index in [9.17, 15) is 9.90 Å². The number of aliphatic hydroxyl groups is 1. The van der Waals surface area contributed by atoms with Crippen LogP contribution in [0.15, 0.2) is 53.0 Å². The fourth-order valence-corrected chi connectivity index (χ4v) is 2.44. The summed E-state index contributed by atoms with van der Waals surface area (Å²) in [5.41, 5.74) is 7.70. The van der Waals surface area contributed by atoms with Crippen LogP contribution < -0.4 is 11.1 Å². The van der Waals surface area contributed by atoms with Gasteiger partial charge < -0.3 is 16.2 Å². The summed E-state index contributed by atoms with van der Waals surface area (Å²) >= 11 is 3.30. The van der Waals surface area contributed by atoms with E-state index in [-0.39, 0.29) is 18.6 Å². The van der Waals surface area contributed by atoms with Gasteiger partial charge in [0.25, 0.3) is 5.91 Å². The maximum absolute atomic E-state index is 12.2. The third-order valence-corrected chi connectivity index (χ3v) is 3.63. The van der Waals surface area contributed by atoms with Gasteiger partial charge in [-0.25, -0.2) is 0 Å². The highest BCUT2D eigenvalue weighted by Gasteiger charge is 2.15. The molecule has 0 radical (unpaired) electrons. The Balaban J connectivity index is 2.06. The van der Waals surface area contributed by atoms with Crippen molar-refractivity contribution in [3.8, 4) is 0 Å². The topological polar surface area (TPSA) is 75.4 Å². The van der Waals surface area contributed by atoms with Crippen LogP contribution in [0.1, 0.15) is 15.9 Å². The van der Waals surface area contributed by atoms with Gasteiger partial charge in [0, 0.05) is 10.2 Å². The van der Waals surface area contributed by atoms with Crippen molar-refractivity contribution < 1.29 is 9.90 Å². The number of hydrogen-bond acceptors (Lipinski definition) is 3. The molecule has 0 heterocycles. The summed E-state index contributed by atoms with van der Waals surface area (Å²) in [6, 6.07) is 14.5. The smallest absolute Gasteiger partial charge is 0.253 e. The van der Waals surface area contributed by atoms with Crippen LogP contribution in [0.3, 0.4) is 0 Å². The molecule has 5 heteroatoms. The first-order chi connectivity index (χ1) is 10.1. The van der Waals surface area contributed by atoms with E-state index in [2.05, 4.69) is 21.2 Å². The molecule has 0 aliphatic rings. The second-order valence-electron chi connectivity index (χ2n) is 4.77. The first-order valence-corrected chi connectivity index (χ1v) is 7.40. The third kappa shape index (κ3) is 4.31. The Kier molecular flexibility index (Phi) is 5.36. The molecule has 0 spiro atoms. The van der Waals surface area contributed by atoms with Crippen molar-refractivity contribution in [2.24, 2.45) is 0 Å². The maximum atomic E-state index is 12.2. The third-order valence-electron chi connectivity index (χ3n) is 3.14. The predicted molar refractivity (Wildman–Crippen MR) is 87.0 cm³/mol. The number of nitrogens with two attached hydrogens (primary N) is 1. The van der Waals surface area contributed by atoms with E-state index in [4.69, 9.17) is 5.73 Å². The van der Waals surface area contributed by atoms with Crippen LogP contribution >= 0.6 is 15.9 Å². The molecular weight excluding hydrogens is 332 g/mol. The second-order valence-corrected chi connectivity index (χ2v) is 5.69. The first kappa shape index (κ1) is 15.5. The molecule has 2 aromatic carbocycles. The van der Waals surface area contributed by atoms with Gasteiger partial charge in [-0.3, -0.25) is 4.79 Å². The van der Waals surface area contributed by atoms with Crippen LogP contribution in [0.2, 0.25) is 0 Å². The van der Waals surface area contributed by atoms with Crippen molar-refractivity contribution in [1.29, 1.82) is 0 Å². The minimum absolute atomic E-state index is 0.128. The summed E-state index contributed by atoms with van der Waals surface area (Å²) in [4.78, 5) is 12.2. The van der Waals surface area contributed by atoms with Crippen molar-refractivity contribution in [3.63, 3.8) is 0 Å². The highest BCUT2D eigenvalue weighted by molar-refractivity contribution is 9.10. The molecule has 2 rings (SSSR count). The lowest BCUT2D eigenvalue weighted by Crippen LogP contribution is -2.39. The van der Waals surface area contributed by atoms with Crippen LogP contribution in [-0.2, 0) is 6.42 Å². The number of benzene rings is 2. The quantitative estimate of drug-likeness (QED) is 0.726. The summed E-state index contributed by atoms with van der Waals surface area (Å²) < 4.78 is 0.819. The van der Waals surface area contributed by atoms with Crippen LogP contribution in [0.25, 0.3) is 0 Å². The molecule has 21 heavy (non-hydrogen) atoms. The lowest BCUT2D eigenvalue weighted by atomic mass is 10.1. The van der Waals surface area contributed by atoms with Gasteiger partial charge in [0.2, 0.25) is 0 Å². The fraction of sp³-hybridized carbons (Fsp3) is 0.188. The van der Waals surface area contributed by atoms with Crippen LogP contribution in [0.4, 0.5) is 5.69 Å². The standard InChI is InChI=1S/C16H17BrN2O2/c17-12-6-7-14(15(18)9-12)16(21)19-13(10-20)8-11-4-2-1-3-5-11/h1-7,9,13,20H,8,10,18H2,(H,19,21)/t13-/m0/s1. The van der Waals surface area contributed by atoms with Crippen LogP contribution in [0.5, 0.6) is 0 Å². The number of anilines is 1. The van der Waals surface area contributed by atoms with Gasteiger partial charge in [0.1, 0.15) is 0 Å². The number of halogens is 1. The molecule has 1 atom stereocenters. The molecule has 0 fully saturated rings. The van der Waals surface area contributed by atoms with Gasteiger partial charge in [0.15, 0.2) is 0 Å². The van der Waals surface area contributed by atoms with Crippen molar-refractivity contribution in [2.75, 3.05) is 12.3 Å². The van der Waals surface area contributed by atoms with E-state index in [0.29, 0.717) is 17.7 Å². The summed E-state index contributed by atoms with van der Waals surface area (Å²) in [7, 11) is 0. The van der Waals surface area contributed by atoms with Gasteiger partial charge in [-0.2, -0.15) is 0 Å². The summed E-state index contributed by atoms with van der Waals surface area (Å²) in [5, 5.41) is 12.3. The molecule has 0 bridgehead atoms. The summed E-state index contributed by atoms with van der Waals surface area (Å²) in [6.45, 7) is -0.128. The van der Waals surface area contributed by atoms with E-state index in [1.54, 1.807) is 18.2 Å². The Morgan fingerprint density at radius 3 is 2.57 bits per heavy atom. The van der Waals surface area contributed by atoms with Gasteiger partial charge in [0.05, 0.1) is 18.2 Å². The minimum Gasteiger partial charge on any atom is -0.398 e. The number of nitrogen functional groups attached to an aromatic ring is 1. The monoisotopic (exact) mass is 348 g/mol. The Morgan fingerprint density at radius 2 is 1.95 bits per heavy atom. The molecule has 4 nitrogen and oxygen atoms in total. The molecular formula is C16H17BrN2O2. The molecule has 0 unspecified atom stereocenters. The molecule has 0 aliphatic heterocycles. The SMILES string of the molecule is Nc1cc(Br)ccc1C(=O)N[C@H](CO)Cc1ccccc1. The maximum Gasteiger partial charge on any atom is 0.253 e. The molecule has 110 valence electrons. The predicted octanol–water partition coefficient (Wildman–Crippen LogP) is 2.36. The van der Waals surface area contributed by atoms with E-state index >= 15 is 0 Å². The highest BCUT2D eigenvalue weighted by Crippen LogP contribution is 2.18. The zero-order valence-corrected chi connectivity index (χ0v) is 13.0. The largest absolute Gasteiger partial charge is 0.398 e. The van der Waals surface area contributed by atoms with Crippen molar-refractivity contribution >= 4 is 27.5 Å². The number of aliphatic hydroxyl groups excluding tert-OH is 1. The van der Waals surface area contributed by atoms with Gasteiger partial charge in [-0.05, 0) is 30.2 Å². The zero-order valence-electron chi connectivity index (χ0n) is 11.4. The average molecular weight is 349 g/mol. The lowest BCUT2D eigenvalue weighted by molar-refractivity contribution is 0.0917. The van der Waals surface area contributed by atoms with E-state index in [1.807, 2.05) is 30.3 Å². The molecule has 2 aromatic rings. The van der Waals surface area contributed by atoms with E-state index in [0.717, 1.165) is 10.0 Å². The second kappa shape index (κ2) is 7.24. The van der Waals surface area contributed by atoms with Gasteiger partial charge in [-0.1, -0.05) is 46.3 Å². The summed E-state index contributed by atoms with van der Waals surface area (Å²) in [6.07, 6.45) is 0.569. The Morgan fingerprint density at radius 1 is 1.24 bits per heavy atom. The van der Waals surface area contributed by atoms with E-state index < -0.39 is 0 Å². The normalized spacial score (nSPS) is 11.9. The molecule has 1 amide bonds. The van der Waals surface area contributed by atoms with Crippen molar-refractivity contribution in [2.45, 2.75) is 12.5 Å². The Labute approximate surface area is 132 Å². The van der Waals surface area contributed by atoms with Gasteiger partial charge >= 0.3 is 0 Å². The first-order valence-electron chi connectivity index (χ1n) is 6.61. The van der Waals surface area contributed by atoms with Crippen molar-refractivity contribution in [1.82, 2.24) is 5.32 Å². The number of rotatable bonds is 5. The van der Waals surface area contributed by atoms with Gasteiger partial charge in [-0.15, -0.1) is 0 Å². The van der Waals surface area contributed by atoms with Crippen molar-refractivity contribution in [3.05, 3.63) is 64.1 Å². The Hall–Kier alpha value is -1.85. The number of nitrogens with one attached hydrogen (secondary N) is 1. The molecule has 0 saturated heterocycles. The molecule has 0 saturated carbocycles. The average Bonchev–Trinajstić information content (AvgIpc) is 2.47. The summed E-state index contributed by atoms with van der Waals surface area (Å²) in [5.74, 6) is -0.282. The van der Waals surface area contributed by atoms with Crippen LogP contribution in [0, 0.1) is 0 Å². The lowest BCUT2D eigenvalue weighted by Gasteiger charge is -2.17. The molecule has 4 N–H and O–H groups in total. The van der Waals surface area contributed by atoms with Crippen LogP contribution in [-0.4, -0.2) is 23.7 Å². The zero-order chi connectivity index (χ0) is 15.2. The fourth-order valence-electron chi connectivity index (χ4n) is 2.06. The Bertz CT molecular complexity index is 617. The number of amides is 1.